The minimum atomic E-state index is -0.853. The number of carbonyl (C=O) groups is 1. The van der Waals surface area contributed by atoms with Crippen LogP contribution in [0.5, 0.6) is 0 Å². The number of hydrogen-bond acceptors (Lipinski definition) is 2. The molecule has 0 N–H and O–H groups in total. The van der Waals surface area contributed by atoms with E-state index in [2.05, 4.69) is 6.07 Å². The van der Waals surface area contributed by atoms with Crippen molar-refractivity contribution in [2.45, 2.75) is 33.1 Å². The summed E-state index contributed by atoms with van der Waals surface area (Å²) in [5.74, 6) is 0.127. The van der Waals surface area contributed by atoms with Crippen molar-refractivity contribution < 1.29 is 4.79 Å². The van der Waals surface area contributed by atoms with Crippen molar-refractivity contribution in [1.82, 2.24) is 0 Å². The summed E-state index contributed by atoms with van der Waals surface area (Å²) in [5, 5.41) is 9.50. The van der Waals surface area contributed by atoms with Crippen molar-refractivity contribution >= 4 is 5.78 Å². The molecule has 17 heavy (non-hydrogen) atoms. The van der Waals surface area contributed by atoms with Crippen LogP contribution in [0.15, 0.2) is 30.3 Å². The maximum atomic E-state index is 12.0. The van der Waals surface area contributed by atoms with E-state index >= 15 is 0 Å². The lowest BCUT2D eigenvalue weighted by atomic mass is 9.47. The number of rotatable bonds is 1. The molecule has 0 aromatic heterocycles. The molecule has 0 aliphatic heterocycles. The first-order chi connectivity index (χ1) is 7.93. The Kier molecular flexibility index (Phi) is 2.58. The Morgan fingerprint density at radius 3 is 2.29 bits per heavy atom. The molecule has 0 amide bonds. The van der Waals surface area contributed by atoms with E-state index in [4.69, 9.17) is 0 Å². The number of nitriles is 1. The number of benzene rings is 1. The van der Waals surface area contributed by atoms with E-state index in [0.29, 0.717) is 6.42 Å². The highest BCUT2D eigenvalue weighted by atomic mass is 16.1. The zero-order valence-electron chi connectivity index (χ0n) is 10.5. The second kappa shape index (κ2) is 3.70. The second-order valence-corrected chi connectivity index (χ2v) is 5.76. The Bertz CT molecular complexity index is 478. The Balaban J connectivity index is 2.46. The summed E-state index contributed by atoms with van der Waals surface area (Å²) in [6.07, 6.45) is 0.495. The molecule has 1 aliphatic rings. The topological polar surface area (TPSA) is 40.9 Å². The molecular weight excluding hydrogens is 210 g/mol. The molecule has 0 bridgehead atoms. The van der Waals surface area contributed by atoms with Gasteiger partial charge in [0, 0.05) is 12.3 Å². The van der Waals surface area contributed by atoms with Gasteiger partial charge >= 0.3 is 0 Å². The van der Waals surface area contributed by atoms with Gasteiger partial charge in [0.1, 0.15) is 5.41 Å². The van der Waals surface area contributed by atoms with E-state index in [-0.39, 0.29) is 17.1 Å². The normalized spacial score (nSPS) is 28.4. The lowest BCUT2D eigenvalue weighted by Crippen LogP contribution is -2.55. The molecule has 0 unspecified atom stereocenters. The van der Waals surface area contributed by atoms with Gasteiger partial charge in [-0.1, -0.05) is 51.1 Å². The van der Waals surface area contributed by atoms with E-state index in [0.717, 1.165) is 5.56 Å². The van der Waals surface area contributed by atoms with Crippen molar-refractivity contribution in [1.29, 1.82) is 5.26 Å². The van der Waals surface area contributed by atoms with Crippen LogP contribution in [0.1, 0.15) is 38.7 Å². The van der Waals surface area contributed by atoms with Crippen LogP contribution in [0.4, 0.5) is 0 Å². The third-order valence-corrected chi connectivity index (χ3v) is 3.91. The molecule has 2 heteroatoms. The Morgan fingerprint density at radius 1 is 1.29 bits per heavy atom. The first-order valence-corrected chi connectivity index (χ1v) is 5.93. The fraction of sp³-hybridized carbons (Fsp3) is 0.467. The highest BCUT2D eigenvalue weighted by molar-refractivity contribution is 5.96. The third-order valence-electron chi connectivity index (χ3n) is 3.91. The quantitative estimate of drug-likeness (QED) is 0.738. The second-order valence-electron chi connectivity index (χ2n) is 5.76. The van der Waals surface area contributed by atoms with E-state index < -0.39 is 5.41 Å². The Labute approximate surface area is 102 Å². The summed E-state index contributed by atoms with van der Waals surface area (Å²) in [6.45, 7) is 5.93. The first-order valence-electron chi connectivity index (χ1n) is 5.93. The Hall–Kier alpha value is -1.62. The van der Waals surface area contributed by atoms with Crippen molar-refractivity contribution in [3.05, 3.63) is 35.9 Å². The molecule has 1 fully saturated rings. The summed E-state index contributed by atoms with van der Waals surface area (Å²) in [4.78, 5) is 12.0. The van der Waals surface area contributed by atoms with Crippen molar-refractivity contribution in [2.75, 3.05) is 0 Å². The summed E-state index contributed by atoms with van der Waals surface area (Å²) < 4.78 is 0. The zero-order chi connectivity index (χ0) is 12.7. The number of carbonyl (C=O) groups excluding carboxylic acids is 1. The number of Topliss-reactive ketones (excluding diaryl/α,β-unsaturated/α-hetero) is 1. The molecule has 1 aromatic carbocycles. The molecular formula is C15H17NO. The fourth-order valence-electron chi connectivity index (χ4n) is 2.86. The number of ketones is 1. The van der Waals surface area contributed by atoms with Gasteiger partial charge in [-0.3, -0.25) is 4.79 Å². The third kappa shape index (κ3) is 1.50. The van der Waals surface area contributed by atoms with Crippen molar-refractivity contribution in [2.24, 2.45) is 10.8 Å². The van der Waals surface area contributed by atoms with Crippen molar-refractivity contribution in [3.8, 4) is 6.07 Å². The van der Waals surface area contributed by atoms with Crippen LogP contribution in [-0.4, -0.2) is 5.78 Å². The maximum Gasteiger partial charge on any atom is 0.154 e. The average molecular weight is 227 g/mol. The van der Waals surface area contributed by atoms with Crippen LogP contribution < -0.4 is 0 Å². The molecule has 1 saturated carbocycles. The van der Waals surface area contributed by atoms with E-state index in [1.54, 1.807) is 0 Å². The summed E-state index contributed by atoms with van der Waals surface area (Å²) in [7, 11) is 0. The van der Waals surface area contributed by atoms with Crippen LogP contribution in [0.3, 0.4) is 0 Å². The largest absolute Gasteiger partial charge is 0.298 e. The van der Waals surface area contributed by atoms with Gasteiger partial charge < -0.3 is 0 Å². The lowest BCUT2D eigenvalue weighted by Gasteiger charge is -2.51. The molecule has 0 radical (unpaired) electrons. The van der Waals surface area contributed by atoms with E-state index in [1.165, 1.54) is 0 Å². The monoisotopic (exact) mass is 227 g/mol. The van der Waals surface area contributed by atoms with Crippen LogP contribution in [0.2, 0.25) is 0 Å². The van der Waals surface area contributed by atoms with Gasteiger partial charge in [0.2, 0.25) is 0 Å². The number of nitrogens with zero attached hydrogens (tertiary/aromatic N) is 1. The summed E-state index contributed by atoms with van der Waals surface area (Å²) in [6, 6.07) is 12.2. The highest BCUT2D eigenvalue weighted by Gasteiger charge is 2.62. The molecule has 0 heterocycles. The van der Waals surface area contributed by atoms with Crippen LogP contribution in [0, 0.1) is 22.2 Å². The molecule has 1 aliphatic carbocycles. The molecule has 2 atom stereocenters. The van der Waals surface area contributed by atoms with Crippen LogP contribution in [0.25, 0.3) is 0 Å². The van der Waals surface area contributed by atoms with Crippen LogP contribution in [-0.2, 0) is 4.79 Å². The Morgan fingerprint density at radius 2 is 1.88 bits per heavy atom. The zero-order valence-corrected chi connectivity index (χ0v) is 10.5. The predicted octanol–water partition coefficient (Wildman–Crippen LogP) is 3.30. The minimum absolute atomic E-state index is 0.0428. The highest BCUT2D eigenvalue weighted by Crippen LogP contribution is 2.59. The van der Waals surface area contributed by atoms with Gasteiger partial charge in [-0.15, -0.1) is 0 Å². The number of hydrogen-bond donors (Lipinski definition) is 0. The standard InChI is InChI=1S/C15H17NO/c1-14(2,3)15(10-16)12(9-13(15)17)11-7-5-4-6-8-11/h4-8,12H,9H2,1-3H3/t12-,15-/m0/s1. The summed E-state index contributed by atoms with van der Waals surface area (Å²) >= 11 is 0. The van der Waals surface area contributed by atoms with E-state index in [1.807, 2.05) is 51.1 Å². The smallest absolute Gasteiger partial charge is 0.154 e. The van der Waals surface area contributed by atoms with Gasteiger partial charge in [-0.2, -0.15) is 5.26 Å². The molecule has 2 nitrogen and oxygen atoms in total. The van der Waals surface area contributed by atoms with Gasteiger partial charge in [0.15, 0.2) is 5.78 Å². The van der Waals surface area contributed by atoms with Crippen LogP contribution >= 0.6 is 0 Å². The minimum Gasteiger partial charge on any atom is -0.298 e. The summed E-state index contributed by atoms with van der Waals surface area (Å²) in [5.41, 5.74) is -0.0741. The predicted molar refractivity (Wildman–Crippen MR) is 66.3 cm³/mol. The molecule has 0 spiro atoms. The van der Waals surface area contributed by atoms with E-state index in [9.17, 15) is 10.1 Å². The van der Waals surface area contributed by atoms with Crippen molar-refractivity contribution in [3.63, 3.8) is 0 Å². The maximum absolute atomic E-state index is 12.0. The fourth-order valence-corrected chi connectivity index (χ4v) is 2.86. The van der Waals surface area contributed by atoms with Gasteiger partial charge in [-0.25, -0.2) is 0 Å². The SMILES string of the molecule is CC(C)(C)[C@]1(C#N)C(=O)C[C@H]1c1ccccc1. The van der Waals surface area contributed by atoms with Gasteiger partial charge in [0.05, 0.1) is 6.07 Å². The average Bonchev–Trinajstić information content (AvgIpc) is 2.26. The molecule has 0 saturated heterocycles. The first kappa shape index (κ1) is 11.9. The lowest BCUT2D eigenvalue weighted by molar-refractivity contribution is -0.144. The molecule has 88 valence electrons. The molecule has 1 aromatic rings. The molecule has 2 rings (SSSR count). The van der Waals surface area contributed by atoms with Gasteiger partial charge in [0.25, 0.3) is 0 Å². The van der Waals surface area contributed by atoms with Gasteiger partial charge in [-0.05, 0) is 11.0 Å².